The van der Waals surface area contributed by atoms with Gasteiger partial charge in [-0.3, -0.25) is 4.79 Å². The number of thioether (sulfide) groups is 1. The van der Waals surface area contributed by atoms with Gasteiger partial charge < -0.3 is 28.4 Å². The van der Waals surface area contributed by atoms with Gasteiger partial charge in [0.1, 0.15) is 0 Å². The summed E-state index contributed by atoms with van der Waals surface area (Å²) in [4.78, 5) is 13.7. The maximum absolute atomic E-state index is 13.1. The molecule has 0 atom stereocenters. The molecule has 8 heteroatoms. The van der Waals surface area contributed by atoms with Crippen LogP contribution in [0.2, 0.25) is 0 Å². The summed E-state index contributed by atoms with van der Waals surface area (Å²) in [6, 6.07) is 7.24. The van der Waals surface area contributed by atoms with Crippen LogP contribution < -0.4 is 28.4 Å². The van der Waals surface area contributed by atoms with Crippen molar-refractivity contribution in [2.75, 3.05) is 48.4 Å². The van der Waals surface area contributed by atoms with E-state index >= 15 is 0 Å². The molecule has 0 spiro atoms. The third-order valence-electron chi connectivity index (χ3n) is 4.98. The van der Waals surface area contributed by atoms with Crippen LogP contribution in [0, 0.1) is 0 Å². The van der Waals surface area contributed by atoms with Gasteiger partial charge in [0, 0.05) is 22.5 Å². The van der Waals surface area contributed by atoms with Crippen molar-refractivity contribution < 1.29 is 33.2 Å². The average Bonchev–Trinajstić information content (AvgIpc) is 3.16. The third-order valence-corrected chi connectivity index (χ3v) is 6.05. The van der Waals surface area contributed by atoms with Crippen LogP contribution in [-0.2, 0) is 4.79 Å². The molecule has 0 saturated carbocycles. The Balaban J connectivity index is 1.99. The minimum atomic E-state index is -0.0522. The van der Waals surface area contributed by atoms with Crippen molar-refractivity contribution in [3.8, 4) is 34.5 Å². The van der Waals surface area contributed by atoms with Crippen molar-refractivity contribution in [2.24, 2.45) is 0 Å². The number of hydrogen-bond acceptors (Lipinski definition) is 8. The predicted octanol–water partition coefficient (Wildman–Crippen LogP) is 4.48. The first-order valence-electron chi connectivity index (χ1n) is 9.70. The molecule has 1 heterocycles. The Labute approximate surface area is 191 Å². The number of Topliss-reactive ketones (excluding diaryl/α,β-unsaturated/α-hetero) is 1. The van der Waals surface area contributed by atoms with E-state index in [0.29, 0.717) is 50.7 Å². The van der Waals surface area contributed by atoms with E-state index in [0.717, 1.165) is 11.1 Å². The Morgan fingerprint density at radius 3 is 1.56 bits per heavy atom. The molecule has 0 aliphatic carbocycles. The predicted molar refractivity (Wildman–Crippen MR) is 126 cm³/mol. The molecule has 32 heavy (non-hydrogen) atoms. The van der Waals surface area contributed by atoms with Gasteiger partial charge in [-0.2, -0.15) is 0 Å². The first kappa shape index (κ1) is 23.4. The Kier molecular flexibility index (Phi) is 7.58. The van der Waals surface area contributed by atoms with Crippen molar-refractivity contribution in [3.05, 3.63) is 45.9 Å². The highest BCUT2D eigenvalue weighted by molar-refractivity contribution is 8.05. The molecule has 0 bridgehead atoms. The Morgan fingerprint density at radius 1 is 0.656 bits per heavy atom. The standard InChI is InChI=1S/C24H26O7S/c1-26-17-9-7-14(21(28-3)23(17)30-5)11-16-13-32-19(20(16)25)12-15-8-10-18(27-2)24(31-6)22(15)29-4/h7-12H,13H2,1-6H3. The molecule has 1 aliphatic rings. The van der Waals surface area contributed by atoms with Gasteiger partial charge in [0.2, 0.25) is 11.5 Å². The summed E-state index contributed by atoms with van der Waals surface area (Å²) in [5.41, 5.74) is 2.12. The summed E-state index contributed by atoms with van der Waals surface area (Å²) in [7, 11) is 9.32. The monoisotopic (exact) mass is 458 g/mol. The van der Waals surface area contributed by atoms with E-state index in [9.17, 15) is 4.79 Å². The Bertz CT molecular complexity index is 989. The topological polar surface area (TPSA) is 72.5 Å². The summed E-state index contributed by atoms with van der Waals surface area (Å²) < 4.78 is 32.6. The number of hydrogen-bond donors (Lipinski definition) is 0. The average molecular weight is 459 g/mol. The summed E-state index contributed by atoms with van der Waals surface area (Å²) in [6.45, 7) is 0. The quantitative estimate of drug-likeness (QED) is 0.536. The van der Waals surface area contributed by atoms with Crippen molar-refractivity contribution in [1.29, 1.82) is 0 Å². The SMILES string of the molecule is COc1ccc(C=C2CSC(=Cc3ccc(OC)c(OC)c3OC)C2=O)c(OC)c1OC. The number of rotatable bonds is 8. The van der Waals surface area contributed by atoms with E-state index in [1.54, 1.807) is 60.9 Å². The third kappa shape index (κ3) is 4.36. The maximum Gasteiger partial charge on any atom is 0.203 e. The van der Waals surface area contributed by atoms with E-state index in [-0.39, 0.29) is 5.78 Å². The molecular weight excluding hydrogens is 432 g/mol. The number of ether oxygens (including phenoxy) is 6. The molecule has 0 amide bonds. The fraction of sp³-hybridized carbons (Fsp3) is 0.292. The van der Waals surface area contributed by atoms with Crippen molar-refractivity contribution in [3.63, 3.8) is 0 Å². The molecular formula is C24H26O7S. The minimum absolute atomic E-state index is 0.0522. The lowest BCUT2D eigenvalue weighted by atomic mass is 10.1. The van der Waals surface area contributed by atoms with E-state index in [2.05, 4.69) is 0 Å². The normalized spacial score (nSPS) is 15.8. The summed E-state index contributed by atoms with van der Waals surface area (Å²) in [6.07, 6.45) is 3.63. The van der Waals surface area contributed by atoms with Gasteiger partial charge in [-0.15, -0.1) is 11.8 Å². The van der Waals surface area contributed by atoms with Crippen molar-refractivity contribution in [2.45, 2.75) is 0 Å². The lowest BCUT2D eigenvalue weighted by molar-refractivity contribution is -0.111. The van der Waals surface area contributed by atoms with Gasteiger partial charge in [0.15, 0.2) is 28.8 Å². The molecule has 1 saturated heterocycles. The van der Waals surface area contributed by atoms with Gasteiger partial charge in [0.05, 0.1) is 47.6 Å². The number of benzene rings is 2. The molecule has 2 aromatic carbocycles. The van der Waals surface area contributed by atoms with E-state index in [1.165, 1.54) is 11.8 Å². The second-order valence-corrected chi connectivity index (χ2v) is 7.66. The molecule has 170 valence electrons. The van der Waals surface area contributed by atoms with E-state index < -0.39 is 0 Å². The van der Waals surface area contributed by atoms with Crippen LogP contribution in [0.4, 0.5) is 0 Å². The number of ketones is 1. The molecule has 2 aromatic rings. The highest BCUT2D eigenvalue weighted by Gasteiger charge is 2.26. The first-order chi connectivity index (χ1) is 15.5. The van der Waals surface area contributed by atoms with E-state index in [1.807, 2.05) is 18.2 Å². The molecule has 0 N–H and O–H groups in total. The summed E-state index contributed by atoms with van der Waals surface area (Å²) >= 11 is 1.47. The van der Waals surface area contributed by atoms with Gasteiger partial charge in [-0.05, 0) is 36.4 Å². The zero-order valence-corrected chi connectivity index (χ0v) is 19.8. The Hall–Kier alpha value is -3.26. The molecule has 0 unspecified atom stereocenters. The molecule has 0 aromatic heterocycles. The summed E-state index contributed by atoms with van der Waals surface area (Å²) in [5, 5.41) is 0. The van der Waals surface area contributed by atoms with Crippen LogP contribution in [0.25, 0.3) is 12.2 Å². The van der Waals surface area contributed by atoms with Crippen LogP contribution in [0.3, 0.4) is 0 Å². The van der Waals surface area contributed by atoms with Crippen LogP contribution in [0.5, 0.6) is 34.5 Å². The number of allylic oxidation sites excluding steroid dienone is 1. The zero-order chi connectivity index (χ0) is 23.3. The highest BCUT2D eigenvalue weighted by Crippen LogP contribution is 2.44. The second-order valence-electron chi connectivity index (χ2n) is 6.64. The van der Waals surface area contributed by atoms with Crippen LogP contribution in [0.1, 0.15) is 11.1 Å². The molecule has 3 rings (SSSR count). The van der Waals surface area contributed by atoms with Gasteiger partial charge in [-0.25, -0.2) is 0 Å². The molecule has 0 radical (unpaired) electrons. The first-order valence-corrected chi connectivity index (χ1v) is 10.7. The fourth-order valence-corrected chi connectivity index (χ4v) is 4.46. The largest absolute Gasteiger partial charge is 0.493 e. The number of methoxy groups -OCH3 is 6. The Morgan fingerprint density at radius 2 is 1.12 bits per heavy atom. The zero-order valence-electron chi connectivity index (χ0n) is 18.9. The number of carbonyl (C=O) groups is 1. The van der Waals surface area contributed by atoms with Crippen LogP contribution in [-0.4, -0.2) is 54.2 Å². The smallest absolute Gasteiger partial charge is 0.203 e. The lowest BCUT2D eigenvalue weighted by Gasteiger charge is -2.14. The minimum Gasteiger partial charge on any atom is -0.493 e. The van der Waals surface area contributed by atoms with Crippen molar-refractivity contribution >= 4 is 29.7 Å². The molecule has 7 nitrogen and oxygen atoms in total. The van der Waals surface area contributed by atoms with Crippen LogP contribution in [0.15, 0.2) is 34.7 Å². The molecule has 1 fully saturated rings. The van der Waals surface area contributed by atoms with Gasteiger partial charge >= 0.3 is 0 Å². The van der Waals surface area contributed by atoms with Crippen LogP contribution >= 0.6 is 11.8 Å². The highest BCUT2D eigenvalue weighted by atomic mass is 32.2. The molecule has 1 aliphatic heterocycles. The van der Waals surface area contributed by atoms with Crippen molar-refractivity contribution in [1.82, 2.24) is 0 Å². The summed E-state index contributed by atoms with van der Waals surface area (Å²) in [5.74, 6) is 3.57. The van der Waals surface area contributed by atoms with Gasteiger partial charge in [-0.1, -0.05) is 0 Å². The second kappa shape index (κ2) is 10.4. The lowest BCUT2D eigenvalue weighted by Crippen LogP contribution is -2.00. The van der Waals surface area contributed by atoms with E-state index in [4.69, 9.17) is 28.4 Å². The maximum atomic E-state index is 13.1. The number of carbonyl (C=O) groups excluding carboxylic acids is 1. The fourth-order valence-electron chi connectivity index (χ4n) is 3.46. The van der Waals surface area contributed by atoms with Gasteiger partial charge in [0.25, 0.3) is 0 Å².